The van der Waals surface area contributed by atoms with Crippen molar-refractivity contribution >= 4 is 0 Å². The molecule has 96 valence electrons. The number of hydrogen-bond donors (Lipinski definition) is 0. The zero-order valence-electron chi connectivity index (χ0n) is 8.91. The molecule has 0 heterocycles. The first-order valence-electron chi connectivity index (χ1n) is 4.85. The first-order valence-corrected chi connectivity index (χ1v) is 4.85. The minimum atomic E-state index is -4.78. The first kappa shape index (κ1) is 13.9. The molecule has 1 rings (SSSR count). The van der Waals surface area contributed by atoms with Gasteiger partial charge in [-0.05, 0) is 31.4 Å². The van der Waals surface area contributed by atoms with Gasteiger partial charge < -0.3 is 0 Å². The van der Waals surface area contributed by atoms with Gasteiger partial charge in [0.25, 0.3) is 0 Å². The zero-order chi connectivity index (χ0) is 13.3. The number of hydrogen-bond acceptors (Lipinski definition) is 0. The molecule has 0 saturated carbocycles. The minimum absolute atomic E-state index is 0.0772. The van der Waals surface area contributed by atoms with Crippen LogP contribution in [-0.2, 0) is 0 Å². The number of allylic oxidation sites excluding steroid dienone is 6. The van der Waals surface area contributed by atoms with E-state index in [-0.39, 0.29) is 18.1 Å². The molecule has 17 heavy (non-hydrogen) atoms. The van der Waals surface area contributed by atoms with Crippen molar-refractivity contribution in [1.82, 2.24) is 0 Å². The Hall–Kier alpha value is -1.20. The molecule has 0 fully saturated rings. The maximum Gasteiger partial charge on any atom is 0.416 e. The molecule has 6 heteroatoms. The fourth-order valence-electron chi connectivity index (χ4n) is 1.48. The fraction of sp³-hybridized carbons (Fsp3) is 0.455. The van der Waals surface area contributed by atoms with E-state index in [1.54, 1.807) is 0 Å². The van der Waals surface area contributed by atoms with Crippen LogP contribution in [0.3, 0.4) is 0 Å². The molecule has 0 aromatic carbocycles. The van der Waals surface area contributed by atoms with Gasteiger partial charge in [0.05, 0.1) is 5.57 Å². The van der Waals surface area contributed by atoms with E-state index in [0.717, 1.165) is 6.92 Å². The van der Waals surface area contributed by atoms with Crippen molar-refractivity contribution in [3.8, 4) is 0 Å². The lowest BCUT2D eigenvalue weighted by molar-refractivity contribution is -0.0975. The quantitative estimate of drug-likeness (QED) is 0.551. The summed E-state index contributed by atoms with van der Waals surface area (Å²) in [4.78, 5) is 0. The SMILES string of the molecule is CC1=C(C(F)(F)F)/C=C(/C(F)(F)F)CCC=C1. The van der Waals surface area contributed by atoms with Crippen molar-refractivity contribution in [2.75, 3.05) is 0 Å². The predicted molar refractivity (Wildman–Crippen MR) is 51.3 cm³/mol. The van der Waals surface area contributed by atoms with Crippen LogP contribution in [0.25, 0.3) is 0 Å². The summed E-state index contributed by atoms with van der Waals surface area (Å²) in [5.41, 5.74) is -2.59. The molecule has 0 amide bonds. The van der Waals surface area contributed by atoms with Crippen LogP contribution in [0.5, 0.6) is 0 Å². The summed E-state index contributed by atoms with van der Waals surface area (Å²) in [5, 5.41) is 0. The summed E-state index contributed by atoms with van der Waals surface area (Å²) in [5.74, 6) is 0. The van der Waals surface area contributed by atoms with Crippen molar-refractivity contribution in [1.29, 1.82) is 0 Å². The monoisotopic (exact) mass is 256 g/mol. The highest BCUT2D eigenvalue weighted by Crippen LogP contribution is 2.37. The smallest absolute Gasteiger partial charge is 0.166 e. The Bertz CT molecular complexity index is 378. The van der Waals surface area contributed by atoms with Crippen molar-refractivity contribution < 1.29 is 26.3 Å². The van der Waals surface area contributed by atoms with Crippen LogP contribution in [0.4, 0.5) is 26.3 Å². The molecule has 0 aromatic rings. The lowest BCUT2D eigenvalue weighted by atomic mass is 9.98. The van der Waals surface area contributed by atoms with E-state index in [2.05, 4.69) is 0 Å². The van der Waals surface area contributed by atoms with Crippen LogP contribution in [0.2, 0.25) is 0 Å². The summed E-state index contributed by atoms with van der Waals surface area (Å²) >= 11 is 0. The molecular formula is C11H10F6. The second kappa shape index (κ2) is 4.58. The van der Waals surface area contributed by atoms with Crippen molar-refractivity contribution in [2.24, 2.45) is 0 Å². The molecule has 0 N–H and O–H groups in total. The van der Waals surface area contributed by atoms with E-state index < -0.39 is 29.9 Å². The van der Waals surface area contributed by atoms with Gasteiger partial charge in [-0.15, -0.1) is 0 Å². The second-order valence-electron chi connectivity index (χ2n) is 3.70. The number of alkyl halides is 6. The normalized spacial score (nSPS) is 21.9. The Labute approximate surface area is 94.3 Å². The molecule has 0 spiro atoms. The lowest BCUT2D eigenvalue weighted by Gasteiger charge is -2.17. The number of rotatable bonds is 0. The summed E-state index contributed by atoms with van der Waals surface area (Å²) in [7, 11) is 0. The highest BCUT2D eigenvalue weighted by Gasteiger charge is 2.38. The largest absolute Gasteiger partial charge is 0.416 e. The van der Waals surface area contributed by atoms with Gasteiger partial charge in [0, 0.05) is 5.57 Å². The maximum absolute atomic E-state index is 12.6. The van der Waals surface area contributed by atoms with E-state index in [1.807, 2.05) is 0 Å². The lowest BCUT2D eigenvalue weighted by Crippen LogP contribution is -2.17. The molecule has 0 nitrogen and oxygen atoms in total. The van der Waals surface area contributed by atoms with Gasteiger partial charge >= 0.3 is 12.4 Å². The first-order chi connectivity index (χ1) is 7.62. The van der Waals surface area contributed by atoms with Gasteiger partial charge in [-0.1, -0.05) is 12.2 Å². The molecule has 0 aliphatic heterocycles. The van der Waals surface area contributed by atoms with Gasteiger partial charge in [0.15, 0.2) is 0 Å². The summed E-state index contributed by atoms with van der Waals surface area (Å²) in [6.07, 6.45) is -7.13. The van der Waals surface area contributed by atoms with E-state index >= 15 is 0 Å². The van der Waals surface area contributed by atoms with Crippen molar-refractivity contribution in [3.63, 3.8) is 0 Å². The summed E-state index contributed by atoms with van der Waals surface area (Å²) in [6, 6.07) is 0. The average molecular weight is 256 g/mol. The molecular weight excluding hydrogens is 246 g/mol. The van der Waals surface area contributed by atoms with Gasteiger partial charge in [0.1, 0.15) is 0 Å². The zero-order valence-corrected chi connectivity index (χ0v) is 8.91. The fourth-order valence-corrected chi connectivity index (χ4v) is 1.48. The molecule has 1 aliphatic carbocycles. The average Bonchev–Trinajstić information content (AvgIpc) is 2.07. The predicted octanol–water partition coefficient (Wildman–Crippen LogP) is 4.70. The minimum Gasteiger partial charge on any atom is -0.166 e. The molecule has 0 aromatic heterocycles. The van der Waals surface area contributed by atoms with E-state index in [1.165, 1.54) is 12.2 Å². The molecule has 0 atom stereocenters. The van der Waals surface area contributed by atoms with Crippen molar-refractivity contribution in [2.45, 2.75) is 32.1 Å². The Morgan fingerprint density at radius 2 is 1.59 bits per heavy atom. The standard InChI is InChI=1S/C11H10F6/c1-7-4-2-3-5-8(10(12,13)14)6-9(7)11(15,16)17/h2,4,6H,3,5H2,1H3/b4-2?,8-6+,9-7?. The molecule has 0 saturated heterocycles. The third-order valence-electron chi connectivity index (χ3n) is 2.36. The Balaban J connectivity index is 3.30. The summed E-state index contributed by atoms with van der Waals surface area (Å²) < 4.78 is 75.1. The van der Waals surface area contributed by atoms with Crippen LogP contribution in [0.1, 0.15) is 19.8 Å². The van der Waals surface area contributed by atoms with E-state index in [9.17, 15) is 26.3 Å². The topological polar surface area (TPSA) is 0 Å². The Morgan fingerprint density at radius 1 is 1.00 bits per heavy atom. The van der Waals surface area contributed by atoms with Crippen LogP contribution in [0.15, 0.2) is 34.9 Å². The highest BCUT2D eigenvalue weighted by atomic mass is 19.4. The van der Waals surface area contributed by atoms with Crippen molar-refractivity contribution in [3.05, 3.63) is 34.9 Å². The van der Waals surface area contributed by atoms with Gasteiger partial charge in [0.2, 0.25) is 0 Å². The molecule has 0 bridgehead atoms. The maximum atomic E-state index is 12.6. The molecule has 1 aliphatic rings. The number of halogens is 6. The van der Waals surface area contributed by atoms with Gasteiger partial charge in [-0.2, -0.15) is 26.3 Å². The van der Waals surface area contributed by atoms with E-state index in [4.69, 9.17) is 0 Å². The van der Waals surface area contributed by atoms with Crippen LogP contribution in [-0.4, -0.2) is 12.4 Å². The molecule has 0 unspecified atom stereocenters. The van der Waals surface area contributed by atoms with Gasteiger partial charge in [-0.3, -0.25) is 0 Å². The van der Waals surface area contributed by atoms with Gasteiger partial charge in [-0.25, -0.2) is 0 Å². The second-order valence-corrected chi connectivity index (χ2v) is 3.70. The summed E-state index contributed by atoms with van der Waals surface area (Å²) in [6.45, 7) is 1.15. The Kier molecular flexibility index (Phi) is 3.74. The third-order valence-corrected chi connectivity index (χ3v) is 2.36. The Morgan fingerprint density at radius 3 is 2.06 bits per heavy atom. The highest BCUT2D eigenvalue weighted by molar-refractivity contribution is 5.39. The third kappa shape index (κ3) is 3.64. The molecule has 0 radical (unpaired) electrons. The van der Waals surface area contributed by atoms with Crippen LogP contribution >= 0.6 is 0 Å². The van der Waals surface area contributed by atoms with E-state index in [0.29, 0.717) is 0 Å². The van der Waals surface area contributed by atoms with Crippen LogP contribution in [0, 0.1) is 0 Å². The van der Waals surface area contributed by atoms with Crippen LogP contribution < -0.4 is 0 Å².